The van der Waals surface area contributed by atoms with Crippen molar-refractivity contribution in [2.75, 3.05) is 37.4 Å². The SMILES string of the molecule is COC[C@H]1[C@H](NC(=O)CN(c2cccc(C)c2)S(C)(=O)=O)[C@H]2CCO[C@H]21. The van der Waals surface area contributed by atoms with Crippen molar-refractivity contribution in [2.45, 2.75) is 25.5 Å². The topological polar surface area (TPSA) is 84.9 Å². The largest absolute Gasteiger partial charge is 0.384 e. The van der Waals surface area contributed by atoms with Crippen LogP contribution in [-0.4, -0.2) is 59.6 Å². The number of anilines is 1. The molecule has 3 rings (SSSR count). The van der Waals surface area contributed by atoms with Gasteiger partial charge in [-0.15, -0.1) is 0 Å². The van der Waals surface area contributed by atoms with Gasteiger partial charge < -0.3 is 14.8 Å². The van der Waals surface area contributed by atoms with Crippen LogP contribution in [0.4, 0.5) is 5.69 Å². The summed E-state index contributed by atoms with van der Waals surface area (Å²) in [6.07, 6.45) is 2.15. The number of hydrogen-bond acceptors (Lipinski definition) is 5. The number of methoxy groups -OCH3 is 1. The van der Waals surface area contributed by atoms with E-state index in [0.717, 1.165) is 22.5 Å². The number of amides is 1. The second kappa shape index (κ2) is 7.54. The van der Waals surface area contributed by atoms with Gasteiger partial charge in [0.15, 0.2) is 0 Å². The number of sulfonamides is 1. The fraction of sp³-hybridized carbons (Fsp3) is 0.611. The van der Waals surface area contributed by atoms with Crippen molar-refractivity contribution in [1.29, 1.82) is 0 Å². The molecule has 144 valence electrons. The number of hydrogen-bond donors (Lipinski definition) is 1. The average molecular weight is 382 g/mol. The van der Waals surface area contributed by atoms with Crippen LogP contribution in [0, 0.1) is 18.8 Å². The van der Waals surface area contributed by atoms with Gasteiger partial charge in [0, 0.05) is 31.6 Å². The molecule has 1 aromatic carbocycles. The molecule has 0 spiro atoms. The Hall–Kier alpha value is -1.64. The minimum atomic E-state index is -3.57. The Kier molecular flexibility index (Phi) is 5.55. The summed E-state index contributed by atoms with van der Waals surface area (Å²) in [5, 5.41) is 3.00. The summed E-state index contributed by atoms with van der Waals surface area (Å²) in [4.78, 5) is 12.6. The zero-order chi connectivity index (χ0) is 18.9. The Labute approximate surface area is 154 Å². The first-order chi connectivity index (χ1) is 12.3. The van der Waals surface area contributed by atoms with Crippen molar-refractivity contribution in [2.24, 2.45) is 11.8 Å². The fourth-order valence-electron chi connectivity index (χ4n) is 3.98. The van der Waals surface area contributed by atoms with Crippen molar-refractivity contribution >= 4 is 21.6 Å². The van der Waals surface area contributed by atoms with Crippen molar-refractivity contribution in [3.8, 4) is 0 Å². The zero-order valence-corrected chi connectivity index (χ0v) is 16.2. The van der Waals surface area contributed by atoms with Gasteiger partial charge in [0.2, 0.25) is 15.9 Å². The summed E-state index contributed by atoms with van der Waals surface area (Å²) in [6, 6.07) is 7.08. The minimum Gasteiger partial charge on any atom is -0.384 e. The van der Waals surface area contributed by atoms with Gasteiger partial charge in [-0.2, -0.15) is 0 Å². The van der Waals surface area contributed by atoms with Gasteiger partial charge in [0.1, 0.15) is 6.54 Å². The van der Waals surface area contributed by atoms with E-state index in [4.69, 9.17) is 9.47 Å². The van der Waals surface area contributed by atoms with Gasteiger partial charge in [-0.25, -0.2) is 8.42 Å². The maximum atomic E-state index is 12.6. The van der Waals surface area contributed by atoms with E-state index in [1.807, 2.05) is 13.0 Å². The number of carbonyl (C=O) groups is 1. The quantitative estimate of drug-likeness (QED) is 0.758. The normalized spacial score (nSPS) is 27.5. The standard InChI is InChI=1S/C18H26N2O5S/c1-12-5-4-6-13(9-12)20(26(3,22)23)10-16(21)19-17-14-7-8-25-18(14)15(17)11-24-2/h4-6,9,14-15,17-18H,7-8,10-11H2,1-3H3,(H,19,21)/t14-,15+,17-,18-/m1/s1. The van der Waals surface area contributed by atoms with Gasteiger partial charge >= 0.3 is 0 Å². The van der Waals surface area contributed by atoms with Crippen molar-refractivity contribution in [3.63, 3.8) is 0 Å². The summed E-state index contributed by atoms with van der Waals surface area (Å²) in [7, 11) is -1.94. The van der Waals surface area contributed by atoms with Crippen LogP contribution in [-0.2, 0) is 24.3 Å². The van der Waals surface area contributed by atoms with Crippen LogP contribution in [0.25, 0.3) is 0 Å². The van der Waals surface area contributed by atoms with E-state index in [0.29, 0.717) is 18.9 Å². The summed E-state index contributed by atoms with van der Waals surface area (Å²) >= 11 is 0. The lowest BCUT2D eigenvalue weighted by atomic mass is 9.67. The van der Waals surface area contributed by atoms with Crippen LogP contribution in [0.2, 0.25) is 0 Å². The maximum Gasteiger partial charge on any atom is 0.241 e. The van der Waals surface area contributed by atoms with Crippen LogP contribution in [0.15, 0.2) is 24.3 Å². The van der Waals surface area contributed by atoms with Gasteiger partial charge in [0.25, 0.3) is 0 Å². The molecule has 2 fully saturated rings. The number of benzene rings is 1. The molecule has 8 heteroatoms. The van der Waals surface area contributed by atoms with Gasteiger partial charge in [-0.3, -0.25) is 9.10 Å². The third-order valence-corrected chi connectivity index (χ3v) is 6.33. The molecule has 1 aliphatic carbocycles. The first-order valence-electron chi connectivity index (χ1n) is 8.75. The Bertz CT molecular complexity index is 767. The lowest BCUT2D eigenvalue weighted by Crippen LogP contribution is -2.63. The Morgan fingerprint density at radius 2 is 2.19 bits per heavy atom. The smallest absolute Gasteiger partial charge is 0.241 e. The zero-order valence-electron chi connectivity index (χ0n) is 15.3. The Morgan fingerprint density at radius 3 is 2.85 bits per heavy atom. The molecule has 7 nitrogen and oxygen atoms in total. The van der Waals surface area contributed by atoms with E-state index in [1.165, 1.54) is 0 Å². The second-order valence-electron chi connectivity index (χ2n) is 7.11. The van der Waals surface area contributed by atoms with E-state index in [9.17, 15) is 13.2 Å². The van der Waals surface area contributed by atoms with E-state index in [2.05, 4.69) is 5.32 Å². The molecule has 0 unspecified atom stereocenters. The molecule has 1 aliphatic heterocycles. The number of nitrogens with one attached hydrogen (secondary N) is 1. The molecule has 0 bridgehead atoms. The summed E-state index contributed by atoms with van der Waals surface area (Å²) in [6.45, 7) is 2.85. The highest BCUT2D eigenvalue weighted by molar-refractivity contribution is 7.92. The van der Waals surface area contributed by atoms with E-state index < -0.39 is 10.0 Å². The lowest BCUT2D eigenvalue weighted by molar-refractivity contribution is -0.128. The van der Waals surface area contributed by atoms with Gasteiger partial charge in [-0.1, -0.05) is 12.1 Å². The number of ether oxygens (including phenoxy) is 2. The average Bonchev–Trinajstić information content (AvgIpc) is 2.99. The monoisotopic (exact) mass is 382 g/mol. The summed E-state index contributed by atoms with van der Waals surface area (Å²) in [5.74, 6) is 0.0836. The molecule has 4 atom stereocenters. The fourth-order valence-corrected chi connectivity index (χ4v) is 4.83. The predicted octanol–water partition coefficient (Wildman–Crippen LogP) is 0.927. The molecule has 1 amide bonds. The Balaban J connectivity index is 1.70. The lowest BCUT2D eigenvalue weighted by Gasteiger charge is -2.47. The number of nitrogens with zero attached hydrogens (tertiary/aromatic N) is 1. The molecule has 1 saturated heterocycles. The second-order valence-corrected chi connectivity index (χ2v) is 9.02. The maximum absolute atomic E-state index is 12.6. The first kappa shape index (κ1) is 19.1. The Morgan fingerprint density at radius 1 is 1.42 bits per heavy atom. The molecule has 0 aromatic heterocycles. The van der Waals surface area contributed by atoms with Crippen molar-refractivity contribution < 1.29 is 22.7 Å². The highest BCUT2D eigenvalue weighted by Crippen LogP contribution is 2.43. The molecule has 1 aromatic rings. The van der Waals surface area contributed by atoms with Crippen molar-refractivity contribution in [1.82, 2.24) is 5.32 Å². The molecule has 0 radical (unpaired) electrons. The number of fused-ring (bicyclic) bond motifs is 1. The third kappa shape index (κ3) is 3.87. The molecule has 1 N–H and O–H groups in total. The molecule has 26 heavy (non-hydrogen) atoms. The molecule has 1 saturated carbocycles. The van der Waals surface area contributed by atoms with E-state index in [-0.39, 0.29) is 36.4 Å². The van der Waals surface area contributed by atoms with Crippen LogP contribution in [0.1, 0.15) is 12.0 Å². The van der Waals surface area contributed by atoms with Crippen molar-refractivity contribution in [3.05, 3.63) is 29.8 Å². The molecular formula is C18H26N2O5S. The minimum absolute atomic E-state index is 0.0335. The van der Waals surface area contributed by atoms with Crippen LogP contribution < -0.4 is 9.62 Å². The number of rotatable bonds is 7. The highest BCUT2D eigenvalue weighted by atomic mass is 32.2. The number of carbonyl (C=O) groups excluding carboxylic acids is 1. The first-order valence-corrected chi connectivity index (χ1v) is 10.6. The summed E-state index contributed by atoms with van der Waals surface area (Å²) in [5.41, 5.74) is 1.42. The molecular weight excluding hydrogens is 356 g/mol. The van der Waals surface area contributed by atoms with E-state index in [1.54, 1.807) is 25.3 Å². The third-order valence-electron chi connectivity index (χ3n) is 5.19. The molecule has 2 aliphatic rings. The summed E-state index contributed by atoms with van der Waals surface area (Å²) < 4.78 is 36.5. The van der Waals surface area contributed by atoms with Gasteiger partial charge in [-0.05, 0) is 31.0 Å². The van der Waals surface area contributed by atoms with Crippen LogP contribution in [0.5, 0.6) is 0 Å². The predicted molar refractivity (Wildman–Crippen MR) is 98.5 cm³/mol. The number of aryl methyl sites for hydroxylation is 1. The van der Waals surface area contributed by atoms with E-state index >= 15 is 0 Å². The van der Waals surface area contributed by atoms with Gasteiger partial charge in [0.05, 0.1) is 24.7 Å². The van der Waals surface area contributed by atoms with Crippen LogP contribution in [0.3, 0.4) is 0 Å². The highest BCUT2D eigenvalue weighted by Gasteiger charge is 2.54. The van der Waals surface area contributed by atoms with Crippen LogP contribution >= 0.6 is 0 Å². The molecule has 1 heterocycles.